The molecule has 20 heavy (non-hydrogen) atoms. The van der Waals surface area contributed by atoms with Crippen molar-refractivity contribution in [2.45, 2.75) is 46.2 Å². The van der Waals surface area contributed by atoms with E-state index in [2.05, 4.69) is 58.3 Å². The largest absolute Gasteiger partial charge is 2.00 e. The minimum absolute atomic E-state index is 0. The van der Waals surface area contributed by atoms with Crippen LogP contribution >= 0.6 is 0 Å². The van der Waals surface area contributed by atoms with E-state index in [0.717, 1.165) is 0 Å². The van der Waals surface area contributed by atoms with E-state index in [9.17, 15) is 0 Å². The third-order valence-electron chi connectivity index (χ3n) is 3.28. The fourth-order valence-electron chi connectivity index (χ4n) is 2.53. The zero-order valence-corrected chi connectivity index (χ0v) is 17.0. The maximum atomic E-state index is 2.46. The van der Waals surface area contributed by atoms with Gasteiger partial charge in [0.05, 0.1) is 8.07 Å². The minimum Gasteiger partial charge on any atom is -0.214 e. The maximum Gasteiger partial charge on any atom is 2.00 e. The monoisotopic (exact) mass is 344 g/mol. The van der Waals surface area contributed by atoms with Gasteiger partial charge in [0.15, 0.2) is 0 Å². The van der Waals surface area contributed by atoms with Gasteiger partial charge in [0.1, 0.15) is 0 Å². The predicted molar refractivity (Wildman–Crippen MR) is 94.8 cm³/mol. The van der Waals surface area contributed by atoms with E-state index in [1.807, 2.05) is 30.3 Å². The molecule has 0 aliphatic carbocycles. The number of hydrogen-bond donors (Lipinski definition) is 0. The molecule has 0 aliphatic heterocycles. The second-order valence-electron chi connectivity index (χ2n) is 7.27. The topological polar surface area (TPSA) is 0 Å². The average Bonchev–Trinajstić information content (AvgIpc) is 2.84. The molecule has 0 saturated heterocycles. The number of aryl methyl sites for hydroxylation is 1. The van der Waals surface area contributed by atoms with Crippen LogP contribution in [0.4, 0.5) is 0 Å². The summed E-state index contributed by atoms with van der Waals surface area (Å²) in [5.74, 6) is 0. The van der Waals surface area contributed by atoms with Gasteiger partial charge >= 0.3 is 17.1 Å². The van der Waals surface area contributed by atoms with Crippen LogP contribution in [0.2, 0.25) is 39.3 Å². The molecule has 0 nitrogen and oxygen atoms in total. The van der Waals surface area contributed by atoms with Crippen molar-refractivity contribution in [3.63, 3.8) is 0 Å². The molecule has 0 unspecified atom stereocenters. The molecule has 0 aliphatic rings. The van der Waals surface area contributed by atoms with Gasteiger partial charge in [0.2, 0.25) is 0 Å². The smallest absolute Gasteiger partial charge is 0.214 e. The van der Waals surface area contributed by atoms with Crippen LogP contribution in [0.3, 0.4) is 0 Å². The van der Waals surface area contributed by atoms with Gasteiger partial charge in [-0.1, -0.05) is 46.2 Å². The summed E-state index contributed by atoms with van der Waals surface area (Å²) in [6, 6.07) is 14.7. The van der Waals surface area contributed by atoms with Gasteiger partial charge in [-0.2, -0.15) is 35.0 Å². The molecule has 0 spiro atoms. The first-order valence-electron chi connectivity index (χ1n) is 7.08. The molecule has 0 fully saturated rings. The van der Waals surface area contributed by atoms with Crippen molar-refractivity contribution >= 4 is 26.5 Å². The molecule has 0 radical (unpaired) electrons. The first-order valence-corrected chi connectivity index (χ1v) is 14.1. The summed E-state index contributed by atoms with van der Waals surface area (Å²) in [6.07, 6.45) is 0. The zero-order chi connectivity index (χ0) is 14.7. The Bertz CT molecular complexity index is 465. The van der Waals surface area contributed by atoms with Crippen molar-refractivity contribution in [1.29, 1.82) is 0 Å². The van der Waals surface area contributed by atoms with Gasteiger partial charge in [0.25, 0.3) is 0 Å². The van der Waals surface area contributed by atoms with Crippen molar-refractivity contribution in [2.24, 2.45) is 0 Å². The standard InChI is InChI=1S/C12H23Si2.C5H5.Fe/c1-10-8-9-11(13(2,3)4)12(10)14(5,6)7;1-2-4-5-3-1;/h8-9H,1-7H3;1-5H;/q2*-1;+2. The van der Waals surface area contributed by atoms with Crippen LogP contribution in [0.15, 0.2) is 42.5 Å². The Morgan fingerprint density at radius 1 is 0.900 bits per heavy atom. The van der Waals surface area contributed by atoms with Crippen LogP contribution in [-0.4, -0.2) is 16.1 Å². The molecular weight excluding hydrogens is 316 g/mol. The Balaban J connectivity index is 0.000000507. The second kappa shape index (κ2) is 7.60. The van der Waals surface area contributed by atoms with E-state index in [-0.39, 0.29) is 17.1 Å². The SMILES string of the molecule is C[c-]1ccc([Si](C)(C)C)c1[Si](C)(C)C.[Fe+2].c1cc[cH-]c1. The summed E-state index contributed by atoms with van der Waals surface area (Å²) in [7, 11) is -2.28. The molecule has 0 N–H and O–H groups in total. The molecule has 2 aromatic carbocycles. The second-order valence-corrected chi connectivity index (χ2v) is 17.3. The normalized spacial score (nSPS) is 11.3. The van der Waals surface area contributed by atoms with Gasteiger partial charge in [-0.25, -0.2) is 23.4 Å². The van der Waals surface area contributed by atoms with E-state index in [1.165, 1.54) is 5.56 Å². The predicted octanol–water partition coefficient (Wildman–Crippen LogP) is 4.21. The summed E-state index contributed by atoms with van der Waals surface area (Å²) in [5.41, 5.74) is 1.53. The van der Waals surface area contributed by atoms with Gasteiger partial charge in [-0.15, -0.1) is 0 Å². The molecule has 2 aromatic rings. The number of rotatable bonds is 2. The van der Waals surface area contributed by atoms with Gasteiger partial charge < -0.3 is 0 Å². The average molecular weight is 344 g/mol. The first kappa shape index (κ1) is 19.7. The van der Waals surface area contributed by atoms with Crippen LogP contribution in [0.5, 0.6) is 0 Å². The van der Waals surface area contributed by atoms with Crippen LogP contribution in [0.25, 0.3) is 0 Å². The molecule has 0 amide bonds. The number of hydrogen-bond acceptors (Lipinski definition) is 0. The van der Waals surface area contributed by atoms with Crippen molar-refractivity contribution in [2.75, 3.05) is 0 Å². The van der Waals surface area contributed by atoms with Crippen molar-refractivity contribution in [1.82, 2.24) is 0 Å². The third-order valence-corrected chi connectivity index (χ3v) is 7.72. The Morgan fingerprint density at radius 2 is 1.40 bits per heavy atom. The molecule has 2 rings (SSSR count). The van der Waals surface area contributed by atoms with E-state index in [4.69, 9.17) is 0 Å². The van der Waals surface area contributed by atoms with Crippen LogP contribution in [0.1, 0.15) is 5.56 Å². The van der Waals surface area contributed by atoms with E-state index in [0.29, 0.717) is 0 Å². The summed E-state index contributed by atoms with van der Waals surface area (Å²) >= 11 is 0. The van der Waals surface area contributed by atoms with Crippen molar-refractivity contribution < 1.29 is 17.1 Å². The van der Waals surface area contributed by atoms with Crippen molar-refractivity contribution in [3.8, 4) is 0 Å². The third kappa shape index (κ3) is 5.57. The van der Waals surface area contributed by atoms with Crippen LogP contribution in [0, 0.1) is 6.92 Å². The maximum absolute atomic E-state index is 2.46. The van der Waals surface area contributed by atoms with Crippen molar-refractivity contribution in [3.05, 3.63) is 48.0 Å². The van der Waals surface area contributed by atoms with Gasteiger partial charge in [0, 0.05) is 8.07 Å². The molecule has 3 heteroatoms. The fraction of sp³-hybridized carbons (Fsp3) is 0.412. The van der Waals surface area contributed by atoms with E-state index in [1.54, 1.807) is 10.4 Å². The first-order chi connectivity index (χ1) is 8.64. The van der Waals surface area contributed by atoms with Gasteiger partial charge in [-0.3, -0.25) is 0 Å². The molecule has 112 valence electrons. The molecule has 0 atom stereocenters. The Morgan fingerprint density at radius 3 is 1.65 bits per heavy atom. The zero-order valence-electron chi connectivity index (χ0n) is 13.9. The summed E-state index contributed by atoms with van der Waals surface area (Å²) in [4.78, 5) is 0. The molecule has 0 bridgehead atoms. The van der Waals surface area contributed by atoms with E-state index < -0.39 is 16.1 Å². The van der Waals surface area contributed by atoms with Gasteiger partial charge in [-0.05, 0) is 0 Å². The molecule has 0 aromatic heterocycles. The summed E-state index contributed by atoms with van der Waals surface area (Å²) < 4.78 is 0. The van der Waals surface area contributed by atoms with E-state index >= 15 is 0 Å². The molecule has 0 heterocycles. The quantitative estimate of drug-likeness (QED) is 0.566. The van der Waals surface area contributed by atoms with Crippen LogP contribution < -0.4 is 10.4 Å². The van der Waals surface area contributed by atoms with Crippen LogP contribution in [-0.2, 0) is 17.1 Å². The molecule has 0 saturated carbocycles. The summed E-state index contributed by atoms with van der Waals surface area (Å²) in [5, 5.41) is 3.44. The fourth-order valence-corrected chi connectivity index (χ4v) is 8.47. The minimum atomic E-state index is -1.15. The Kier molecular flexibility index (Phi) is 7.47. The summed E-state index contributed by atoms with van der Waals surface area (Å²) in [6.45, 7) is 17.0. The molecular formula is C17H28FeSi2. The Labute approximate surface area is 137 Å². The Hall–Kier alpha value is -0.347.